The fourth-order valence-electron chi connectivity index (χ4n) is 3.97. The van der Waals surface area contributed by atoms with Crippen LogP contribution in [0.5, 0.6) is 11.5 Å². The van der Waals surface area contributed by atoms with Crippen molar-refractivity contribution in [3.05, 3.63) is 76.6 Å². The van der Waals surface area contributed by atoms with Crippen LogP contribution in [0.1, 0.15) is 50.3 Å². The minimum atomic E-state index is -0.317. The van der Waals surface area contributed by atoms with E-state index >= 15 is 0 Å². The van der Waals surface area contributed by atoms with Crippen molar-refractivity contribution in [1.29, 1.82) is 0 Å². The first-order valence-electron chi connectivity index (χ1n) is 12.1. The van der Waals surface area contributed by atoms with Crippen molar-refractivity contribution >= 4 is 18.1 Å². The van der Waals surface area contributed by atoms with Gasteiger partial charge in [-0.15, -0.1) is 0 Å². The smallest absolute Gasteiger partial charge is 0.336 e. The zero-order valence-electron chi connectivity index (χ0n) is 22.3. The average Bonchev–Trinajstić information content (AvgIpc) is 2.86. The van der Waals surface area contributed by atoms with Crippen molar-refractivity contribution in [2.75, 3.05) is 31.8 Å². The largest absolute Gasteiger partial charge is 0.493 e. The molecule has 0 fully saturated rings. The first-order valence-corrected chi connectivity index (χ1v) is 12.1. The van der Waals surface area contributed by atoms with Gasteiger partial charge < -0.3 is 23.8 Å². The lowest BCUT2D eigenvalue weighted by molar-refractivity contribution is -0.138. The molecule has 2 aromatic rings. The van der Waals surface area contributed by atoms with Gasteiger partial charge >= 0.3 is 5.97 Å². The van der Waals surface area contributed by atoms with E-state index in [2.05, 4.69) is 43.0 Å². The third kappa shape index (κ3) is 7.13. The zero-order valence-corrected chi connectivity index (χ0v) is 22.3. The van der Waals surface area contributed by atoms with Gasteiger partial charge in [-0.2, -0.15) is 0 Å². The predicted octanol–water partition coefficient (Wildman–Crippen LogP) is 5.84. The topological polar surface area (TPSA) is 74.3 Å². The molecule has 7 nitrogen and oxygen atoms in total. The van der Waals surface area contributed by atoms with E-state index in [9.17, 15) is 9.59 Å². The van der Waals surface area contributed by atoms with Gasteiger partial charge in [-0.1, -0.05) is 18.2 Å². The zero-order chi connectivity index (χ0) is 26.7. The first kappa shape index (κ1) is 28.5. The molecule has 36 heavy (non-hydrogen) atoms. The van der Waals surface area contributed by atoms with E-state index in [-0.39, 0.29) is 11.9 Å². The number of allylic oxidation sites excluding steroid dienone is 1. The number of nitrogens with zero attached hydrogens (tertiary/aromatic N) is 1. The van der Waals surface area contributed by atoms with Gasteiger partial charge in [0.2, 0.25) is 0 Å². The second-order valence-corrected chi connectivity index (χ2v) is 8.20. The lowest BCUT2D eigenvalue weighted by atomic mass is 9.84. The molecule has 2 aromatic carbocycles. The summed E-state index contributed by atoms with van der Waals surface area (Å²) in [5.41, 5.74) is 5.93. The highest BCUT2D eigenvalue weighted by Gasteiger charge is 2.31. The third-order valence-electron chi connectivity index (χ3n) is 5.60. The second-order valence-electron chi connectivity index (χ2n) is 8.20. The van der Waals surface area contributed by atoms with Crippen molar-refractivity contribution in [3.63, 3.8) is 0 Å². The standard InChI is InChI=1S/C26H31NO4.C3H6O2/c1-7-30-23-12-11-20(14-24(23)29-6)25-19(5)15-27(16-21(25)26(28)31-8-2)22-13-17(3)9-10-18(22)4;1-2-5-3-4/h9-16,25H,7-8H2,1-6H3;3H,2H2,1H3. The van der Waals surface area contributed by atoms with Crippen LogP contribution >= 0.6 is 0 Å². The number of ether oxygens (including phenoxy) is 4. The van der Waals surface area contributed by atoms with Crippen LogP contribution in [0.3, 0.4) is 0 Å². The molecule has 0 bridgehead atoms. The Bertz CT molecular complexity index is 1100. The van der Waals surface area contributed by atoms with Gasteiger partial charge in [0.15, 0.2) is 11.5 Å². The van der Waals surface area contributed by atoms with Crippen molar-refractivity contribution < 1.29 is 28.5 Å². The van der Waals surface area contributed by atoms with Crippen LogP contribution in [-0.4, -0.2) is 39.4 Å². The van der Waals surface area contributed by atoms with Gasteiger partial charge in [-0.05, 0) is 82.0 Å². The molecular weight excluding hydrogens is 458 g/mol. The number of benzene rings is 2. The molecule has 0 radical (unpaired) electrons. The molecule has 1 aliphatic heterocycles. The fraction of sp³-hybridized carbons (Fsp3) is 0.379. The Kier molecular flexibility index (Phi) is 11.1. The summed E-state index contributed by atoms with van der Waals surface area (Å²) in [7, 11) is 1.62. The average molecular weight is 496 g/mol. The molecular formula is C29H37NO6. The SMILES string of the molecule is CCOC(=O)C1=CN(c2cc(C)ccc2C)C=C(C)C1c1ccc(OCC)c(OC)c1.CCOC=O. The summed E-state index contributed by atoms with van der Waals surface area (Å²) >= 11 is 0. The van der Waals surface area contributed by atoms with Gasteiger partial charge in [0.05, 0.1) is 32.5 Å². The molecule has 0 aliphatic carbocycles. The van der Waals surface area contributed by atoms with E-state index in [1.54, 1.807) is 14.0 Å². The molecule has 0 N–H and O–H groups in total. The van der Waals surface area contributed by atoms with Crippen LogP contribution in [-0.2, 0) is 19.1 Å². The Morgan fingerprint density at radius 1 is 0.944 bits per heavy atom. The number of rotatable bonds is 9. The highest BCUT2D eigenvalue weighted by molar-refractivity contribution is 5.92. The molecule has 7 heteroatoms. The van der Waals surface area contributed by atoms with E-state index in [0.29, 0.717) is 43.4 Å². The first-order chi connectivity index (χ1) is 17.3. The Morgan fingerprint density at radius 3 is 2.28 bits per heavy atom. The molecule has 0 aromatic heterocycles. The number of hydrogen-bond acceptors (Lipinski definition) is 7. The minimum absolute atomic E-state index is 0.231. The molecule has 0 saturated carbocycles. The normalized spacial score (nSPS) is 14.5. The summed E-state index contributed by atoms with van der Waals surface area (Å²) in [6.07, 6.45) is 3.97. The van der Waals surface area contributed by atoms with Crippen LogP contribution in [0.2, 0.25) is 0 Å². The van der Waals surface area contributed by atoms with Crippen LogP contribution in [0.25, 0.3) is 0 Å². The van der Waals surface area contributed by atoms with Gasteiger partial charge in [0.25, 0.3) is 6.47 Å². The molecule has 194 valence electrons. The fourth-order valence-corrected chi connectivity index (χ4v) is 3.97. The Labute approximate surface area is 214 Å². The quantitative estimate of drug-likeness (QED) is 0.319. The van der Waals surface area contributed by atoms with Crippen LogP contribution < -0.4 is 14.4 Å². The Hall–Kier alpha value is -3.74. The van der Waals surface area contributed by atoms with Crippen LogP contribution in [0.4, 0.5) is 5.69 Å². The number of carbonyl (C=O) groups excluding carboxylic acids is 2. The van der Waals surface area contributed by atoms with E-state index in [0.717, 1.165) is 28.0 Å². The molecule has 0 amide bonds. The highest BCUT2D eigenvalue weighted by atomic mass is 16.5. The van der Waals surface area contributed by atoms with Gasteiger partial charge in [-0.25, -0.2) is 4.79 Å². The summed E-state index contributed by atoms with van der Waals surface area (Å²) in [6.45, 7) is 13.5. The summed E-state index contributed by atoms with van der Waals surface area (Å²) in [5, 5.41) is 0. The number of hydrogen-bond donors (Lipinski definition) is 0. The third-order valence-corrected chi connectivity index (χ3v) is 5.60. The highest BCUT2D eigenvalue weighted by Crippen LogP contribution is 2.41. The summed E-state index contributed by atoms with van der Waals surface area (Å²) in [6, 6.07) is 12.1. The lowest BCUT2D eigenvalue weighted by Gasteiger charge is -2.31. The van der Waals surface area contributed by atoms with E-state index in [1.807, 2.05) is 50.1 Å². The van der Waals surface area contributed by atoms with Gasteiger partial charge in [0, 0.05) is 24.0 Å². The molecule has 3 rings (SSSR count). The van der Waals surface area contributed by atoms with Crippen LogP contribution in [0.15, 0.2) is 59.9 Å². The van der Waals surface area contributed by atoms with E-state index in [1.165, 1.54) is 0 Å². The maximum Gasteiger partial charge on any atom is 0.336 e. The van der Waals surface area contributed by atoms with Crippen molar-refractivity contribution in [3.8, 4) is 11.5 Å². The van der Waals surface area contributed by atoms with Gasteiger partial charge in [-0.3, -0.25) is 4.79 Å². The molecule has 0 spiro atoms. The molecule has 0 saturated heterocycles. The lowest BCUT2D eigenvalue weighted by Crippen LogP contribution is -2.25. The van der Waals surface area contributed by atoms with E-state index < -0.39 is 0 Å². The summed E-state index contributed by atoms with van der Waals surface area (Å²) < 4.78 is 20.8. The molecule has 1 unspecified atom stereocenters. The van der Waals surface area contributed by atoms with Crippen LogP contribution in [0, 0.1) is 13.8 Å². The Morgan fingerprint density at radius 2 is 1.69 bits per heavy atom. The minimum Gasteiger partial charge on any atom is -0.493 e. The number of esters is 1. The summed E-state index contributed by atoms with van der Waals surface area (Å²) in [4.78, 5) is 24.2. The molecule has 1 atom stereocenters. The number of carbonyl (C=O) groups is 2. The maximum atomic E-state index is 13.0. The second kappa shape index (κ2) is 14.0. The van der Waals surface area contributed by atoms with E-state index in [4.69, 9.17) is 14.2 Å². The van der Waals surface area contributed by atoms with Crippen molar-refractivity contribution in [1.82, 2.24) is 0 Å². The molecule has 1 heterocycles. The van der Waals surface area contributed by atoms with Crippen molar-refractivity contribution in [2.45, 2.75) is 47.5 Å². The number of anilines is 1. The summed E-state index contributed by atoms with van der Waals surface area (Å²) in [5.74, 6) is 0.783. The monoisotopic (exact) mass is 495 g/mol. The maximum absolute atomic E-state index is 13.0. The number of aryl methyl sites for hydroxylation is 2. The number of methoxy groups -OCH3 is 1. The van der Waals surface area contributed by atoms with Gasteiger partial charge in [0.1, 0.15) is 0 Å². The van der Waals surface area contributed by atoms with Crippen molar-refractivity contribution in [2.24, 2.45) is 0 Å². The Balaban J connectivity index is 0.000000830. The molecule has 1 aliphatic rings. The predicted molar refractivity (Wildman–Crippen MR) is 141 cm³/mol.